The molecule has 0 unspecified atom stereocenters. The van der Waals surface area contributed by atoms with E-state index >= 15 is 0 Å². The molecule has 4 aromatic rings. The number of pyridine rings is 1. The Balaban J connectivity index is 0.000000193. The lowest BCUT2D eigenvalue weighted by atomic mass is 10.1. The van der Waals surface area contributed by atoms with E-state index in [0.29, 0.717) is 12.2 Å². The molecule has 32 heavy (non-hydrogen) atoms. The number of benzene rings is 3. The topological polar surface area (TPSA) is 67.3 Å². The third kappa shape index (κ3) is 6.94. The van der Waals surface area contributed by atoms with Crippen LogP contribution in [-0.2, 0) is 9.59 Å². The molecule has 0 saturated carbocycles. The highest BCUT2D eigenvalue weighted by atomic mass is 35.5. The monoisotopic (exact) mass is 463 g/mol. The number of aliphatic carboxylic acids is 1. The summed E-state index contributed by atoms with van der Waals surface area (Å²) in [7, 11) is 0. The van der Waals surface area contributed by atoms with E-state index in [9.17, 15) is 9.59 Å². The summed E-state index contributed by atoms with van der Waals surface area (Å²) in [5.74, 6) is -1.37. The van der Waals surface area contributed by atoms with Gasteiger partial charge in [0, 0.05) is 27.9 Å². The van der Waals surface area contributed by atoms with E-state index < -0.39 is 11.8 Å². The van der Waals surface area contributed by atoms with E-state index in [1.54, 1.807) is 18.0 Å². The number of hydrogen-bond acceptors (Lipinski definition) is 4. The fourth-order valence-corrected chi connectivity index (χ4v) is 4.10. The third-order valence-electron chi connectivity index (χ3n) is 4.59. The van der Waals surface area contributed by atoms with Crippen LogP contribution in [0.15, 0.2) is 96.0 Å². The molecule has 162 valence electrons. The average molecular weight is 464 g/mol. The number of ketones is 1. The van der Waals surface area contributed by atoms with E-state index in [1.165, 1.54) is 11.1 Å². The second kappa shape index (κ2) is 12.0. The molecular formula is C26H22ClNO3S. The van der Waals surface area contributed by atoms with Crippen molar-refractivity contribution in [3.63, 3.8) is 0 Å². The highest BCUT2D eigenvalue weighted by Crippen LogP contribution is 2.26. The maximum atomic E-state index is 10.9. The van der Waals surface area contributed by atoms with E-state index in [1.807, 2.05) is 72.8 Å². The van der Waals surface area contributed by atoms with E-state index in [2.05, 4.69) is 17.1 Å². The normalized spacial score (nSPS) is 10.3. The summed E-state index contributed by atoms with van der Waals surface area (Å²) in [6.45, 7) is 0. The fraction of sp³-hybridized carbons (Fsp3) is 0.115. The van der Waals surface area contributed by atoms with Crippen LogP contribution in [0, 0.1) is 0 Å². The molecule has 0 fully saturated rings. The molecule has 1 N–H and O–H groups in total. The lowest BCUT2D eigenvalue weighted by Crippen LogP contribution is -2.11. The molecule has 0 bridgehead atoms. The quantitative estimate of drug-likeness (QED) is 0.186. The van der Waals surface area contributed by atoms with Crippen molar-refractivity contribution in [1.82, 2.24) is 4.98 Å². The molecule has 0 radical (unpaired) electrons. The van der Waals surface area contributed by atoms with Gasteiger partial charge >= 0.3 is 5.97 Å². The highest BCUT2D eigenvalue weighted by molar-refractivity contribution is 7.99. The van der Waals surface area contributed by atoms with Gasteiger partial charge < -0.3 is 5.11 Å². The molecular weight excluding hydrogens is 442 g/mol. The van der Waals surface area contributed by atoms with Crippen molar-refractivity contribution in [2.75, 3.05) is 5.75 Å². The molecule has 0 atom stereocenters. The molecule has 3 aromatic carbocycles. The fourth-order valence-electron chi connectivity index (χ4n) is 2.99. The Morgan fingerprint density at radius 3 is 2.25 bits per heavy atom. The molecule has 1 heterocycles. The van der Waals surface area contributed by atoms with Crippen molar-refractivity contribution < 1.29 is 14.7 Å². The number of fused-ring (bicyclic) bond motifs is 1. The number of Topliss-reactive ketones (excluding diaryl/α,β-unsaturated/α-hetero) is 1. The number of carboxylic acids is 1. The van der Waals surface area contributed by atoms with E-state index in [-0.39, 0.29) is 6.42 Å². The number of hydrogen-bond donors (Lipinski definition) is 1. The van der Waals surface area contributed by atoms with Crippen LogP contribution in [0.1, 0.15) is 12.8 Å². The number of para-hydroxylation sites is 1. The number of carbonyl (C=O) groups is 2. The number of rotatable bonds is 7. The minimum atomic E-state index is -1.35. The van der Waals surface area contributed by atoms with Crippen LogP contribution in [0.2, 0.25) is 5.02 Å². The summed E-state index contributed by atoms with van der Waals surface area (Å²) in [4.78, 5) is 26.7. The number of nitrogens with zero attached hydrogens (tertiary/aromatic N) is 1. The van der Waals surface area contributed by atoms with Crippen molar-refractivity contribution in [3.8, 4) is 11.1 Å². The Morgan fingerprint density at radius 2 is 1.53 bits per heavy atom. The summed E-state index contributed by atoms with van der Waals surface area (Å²) in [5, 5.41) is 10.3. The summed E-state index contributed by atoms with van der Waals surface area (Å²) in [5.41, 5.74) is 3.36. The van der Waals surface area contributed by atoms with Crippen LogP contribution in [0.25, 0.3) is 22.0 Å². The molecule has 0 saturated heterocycles. The Kier molecular flexibility index (Phi) is 8.84. The molecule has 4 rings (SSSR count). The zero-order valence-electron chi connectivity index (χ0n) is 17.3. The largest absolute Gasteiger partial charge is 0.476 e. The SMILES string of the molecule is Clc1ccc(-c2ccccc2)cc1.O=C(O)C(=O)CCCSc1cccc2cccnc12. The third-order valence-corrected chi connectivity index (χ3v) is 5.98. The molecule has 0 aliphatic carbocycles. The first-order chi connectivity index (χ1) is 15.5. The Bertz CT molecular complexity index is 1180. The molecule has 0 spiro atoms. The maximum Gasteiger partial charge on any atom is 0.372 e. The van der Waals surface area contributed by atoms with Crippen LogP contribution in [0.4, 0.5) is 0 Å². The van der Waals surface area contributed by atoms with Crippen LogP contribution >= 0.6 is 23.4 Å². The summed E-state index contributed by atoms with van der Waals surface area (Å²) >= 11 is 7.40. The minimum absolute atomic E-state index is 0.0839. The van der Waals surface area contributed by atoms with Gasteiger partial charge in [-0.15, -0.1) is 11.8 Å². The van der Waals surface area contributed by atoms with E-state index in [4.69, 9.17) is 16.7 Å². The second-order valence-electron chi connectivity index (χ2n) is 6.88. The van der Waals surface area contributed by atoms with Crippen LogP contribution in [0.3, 0.4) is 0 Å². The molecule has 0 aliphatic heterocycles. The second-order valence-corrected chi connectivity index (χ2v) is 8.46. The standard InChI is InChI=1S/C14H13NO3S.C12H9Cl/c16-11(14(17)18)6-3-9-19-12-7-1-4-10-5-2-8-15-13(10)12;13-12-8-6-11(7-9-12)10-4-2-1-3-5-10/h1-2,4-5,7-8H,3,6,9H2,(H,17,18);1-9H. The molecule has 6 heteroatoms. The summed E-state index contributed by atoms with van der Waals surface area (Å²) in [6.07, 6.45) is 2.39. The number of carboxylic acid groups (broad SMARTS) is 1. The zero-order chi connectivity index (χ0) is 22.8. The van der Waals surface area contributed by atoms with Crippen molar-refractivity contribution >= 4 is 46.0 Å². The number of halogens is 1. The van der Waals surface area contributed by atoms with Gasteiger partial charge in [-0.3, -0.25) is 9.78 Å². The first kappa shape index (κ1) is 23.5. The molecule has 0 amide bonds. The maximum absolute atomic E-state index is 10.9. The highest BCUT2D eigenvalue weighted by Gasteiger charge is 2.10. The van der Waals surface area contributed by atoms with Gasteiger partial charge in [-0.1, -0.05) is 72.3 Å². The Labute approximate surface area is 196 Å². The first-order valence-corrected chi connectivity index (χ1v) is 11.4. The minimum Gasteiger partial charge on any atom is -0.476 e. The van der Waals surface area contributed by atoms with Crippen LogP contribution in [-0.4, -0.2) is 27.6 Å². The first-order valence-electron chi connectivity index (χ1n) is 10.1. The smallest absolute Gasteiger partial charge is 0.372 e. The Hall–Kier alpha value is -3.15. The van der Waals surface area contributed by atoms with Crippen LogP contribution in [0.5, 0.6) is 0 Å². The Morgan fingerprint density at radius 1 is 0.844 bits per heavy atom. The molecule has 0 aliphatic rings. The molecule has 1 aromatic heterocycles. The van der Waals surface area contributed by atoms with Crippen molar-refractivity contribution in [2.24, 2.45) is 0 Å². The predicted octanol–water partition coefficient (Wildman–Crippen LogP) is 6.77. The van der Waals surface area contributed by atoms with Gasteiger partial charge in [0.1, 0.15) is 0 Å². The lowest BCUT2D eigenvalue weighted by Gasteiger charge is -2.04. The number of aromatic nitrogens is 1. The van der Waals surface area contributed by atoms with Gasteiger partial charge in [-0.05, 0) is 47.6 Å². The predicted molar refractivity (Wildman–Crippen MR) is 131 cm³/mol. The number of carbonyl (C=O) groups excluding carboxylic acids is 1. The summed E-state index contributed by atoms with van der Waals surface area (Å²) < 4.78 is 0. The van der Waals surface area contributed by atoms with Crippen molar-refractivity contribution in [3.05, 3.63) is 96.1 Å². The molecule has 4 nitrogen and oxygen atoms in total. The van der Waals surface area contributed by atoms with Gasteiger partial charge in [0.05, 0.1) is 5.52 Å². The van der Waals surface area contributed by atoms with Gasteiger partial charge in [0.15, 0.2) is 0 Å². The lowest BCUT2D eigenvalue weighted by molar-refractivity contribution is -0.149. The van der Waals surface area contributed by atoms with Gasteiger partial charge in [0.25, 0.3) is 0 Å². The summed E-state index contributed by atoms with van der Waals surface area (Å²) in [6, 6.07) is 28.0. The average Bonchev–Trinajstić information content (AvgIpc) is 2.83. The van der Waals surface area contributed by atoms with Gasteiger partial charge in [0.2, 0.25) is 5.78 Å². The van der Waals surface area contributed by atoms with Crippen molar-refractivity contribution in [1.29, 1.82) is 0 Å². The zero-order valence-corrected chi connectivity index (χ0v) is 18.9. The van der Waals surface area contributed by atoms with Gasteiger partial charge in [-0.2, -0.15) is 0 Å². The van der Waals surface area contributed by atoms with Crippen LogP contribution < -0.4 is 0 Å². The van der Waals surface area contributed by atoms with E-state index in [0.717, 1.165) is 20.8 Å². The number of thioether (sulfide) groups is 1. The van der Waals surface area contributed by atoms with Gasteiger partial charge in [-0.25, -0.2) is 4.79 Å². The van der Waals surface area contributed by atoms with Crippen molar-refractivity contribution in [2.45, 2.75) is 17.7 Å².